The maximum absolute atomic E-state index is 13.1. The predicted octanol–water partition coefficient (Wildman–Crippen LogP) is 5.53. The minimum absolute atomic E-state index is 0.266. The van der Waals surface area contributed by atoms with E-state index in [-0.39, 0.29) is 5.56 Å². The summed E-state index contributed by atoms with van der Waals surface area (Å²) in [6, 6.07) is 15.2. The van der Waals surface area contributed by atoms with Gasteiger partial charge in [0.25, 0.3) is 17.7 Å². The number of carbonyl (C=O) groups is 3. The van der Waals surface area contributed by atoms with E-state index in [9.17, 15) is 19.6 Å². The molecule has 2 aliphatic rings. The first-order chi connectivity index (χ1) is 16.4. The molecule has 0 saturated heterocycles. The molecular formula is C26H19N3O3S2. The van der Waals surface area contributed by atoms with Gasteiger partial charge in [0.2, 0.25) is 0 Å². The summed E-state index contributed by atoms with van der Waals surface area (Å²) >= 11 is 6.82. The van der Waals surface area contributed by atoms with E-state index in [1.54, 1.807) is 42.5 Å². The van der Waals surface area contributed by atoms with Crippen molar-refractivity contribution in [3.05, 3.63) is 85.7 Å². The van der Waals surface area contributed by atoms with Gasteiger partial charge >= 0.3 is 0 Å². The smallest absolute Gasteiger partial charge is 0.266 e. The molecule has 0 saturated carbocycles. The first kappa shape index (κ1) is 22.1. The third-order valence-electron chi connectivity index (χ3n) is 6.27. The summed E-state index contributed by atoms with van der Waals surface area (Å²) in [5.74, 6) is -0.776. The molecule has 0 bridgehead atoms. The molecular weight excluding hydrogens is 466 g/mol. The molecule has 0 spiro atoms. The SMILES string of the molecule is CC1CCc2c(C#N)c(NC(=O)c3cccc(N4C(=O)c5ccccc5C4=O)c3)sc(=S)c2C1. The number of nitrogens with one attached hydrogen (secondary N) is 1. The lowest BCUT2D eigenvalue weighted by Gasteiger charge is -2.23. The highest BCUT2D eigenvalue weighted by atomic mass is 32.1. The van der Waals surface area contributed by atoms with Crippen molar-refractivity contribution in [3.63, 3.8) is 0 Å². The Morgan fingerprint density at radius 2 is 1.82 bits per heavy atom. The van der Waals surface area contributed by atoms with Gasteiger partial charge < -0.3 is 5.32 Å². The number of imide groups is 1. The zero-order valence-corrected chi connectivity index (χ0v) is 19.9. The van der Waals surface area contributed by atoms with Crippen LogP contribution >= 0.6 is 23.6 Å². The lowest BCUT2D eigenvalue weighted by Crippen LogP contribution is -2.29. The number of carbonyl (C=O) groups excluding carboxylic acids is 3. The number of hydrogen-bond acceptors (Lipinski definition) is 6. The molecule has 2 heterocycles. The van der Waals surface area contributed by atoms with Gasteiger partial charge in [-0.15, -0.1) is 11.3 Å². The van der Waals surface area contributed by atoms with Gasteiger partial charge in [0.1, 0.15) is 11.1 Å². The fraction of sp³-hybridized carbons (Fsp3) is 0.192. The van der Waals surface area contributed by atoms with Gasteiger partial charge in [-0.25, -0.2) is 4.90 Å². The second kappa shape index (κ2) is 8.60. The first-order valence-electron chi connectivity index (χ1n) is 10.9. The Balaban J connectivity index is 1.46. The molecule has 6 nitrogen and oxygen atoms in total. The van der Waals surface area contributed by atoms with E-state index < -0.39 is 17.7 Å². The van der Waals surface area contributed by atoms with Crippen molar-refractivity contribution in [3.8, 4) is 6.07 Å². The molecule has 1 unspecified atom stereocenters. The van der Waals surface area contributed by atoms with Crippen LogP contribution in [0.25, 0.3) is 0 Å². The number of anilines is 2. The number of hydrogen-bond donors (Lipinski definition) is 1. The number of fused-ring (bicyclic) bond motifs is 2. The van der Waals surface area contributed by atoms with E-state index >= 15 is 0 Å². The fourth-order valence-electron chi connectivity index (χ4n) is 4.53. The van der Waals surface area contributed by atoms with Gasteiger partial charge in [0.15, 0.2) is 0 Å². The van der Waals surface area contributed by atoms with Crippen LogP contribution in [0.15, 0.2) is 48.5 Å². The number of rotatable bonds is 3. The van der Waals surface area contributed by atoms with E-state index in [4.69, 9.17) is 12.2 Å². The maximum atomic E-state index is 13.1. The predicted molar refractivity (Wildman–Crippen MR) is 133 cm³/mol. The Labute approximate surface area is 205 Å². The Bertz CT molecular complexity index is 1450. The second-order valence-corrected chi connectivity index (χ2v) is 10.2. The normalized spacial score (nSPS) is 16.6. The molecule has 1 aromatic heterocycles. The van der Waals surface area contributed by atoms with Gasteiger partial charge in [-0.2, -0.15) is 5.26 Å². The van der Waals surface area contributed by atoms with Crippen LogP contribution in [0.3, 0.4) is 0 Å². The van der Waals surface area contributed by atoms with Gasteiger partial charge in [-0.05, 0) is 66.6 Å². The van der Waals surface area contributed by atoms with Gasteiger partial charge in [-0.3, -0.25) is 14.4 Å². The third kappa shape index (κ3) is 3.63. The molecule has 5 rings (SSSR count). The summed E-state index contributed by atoms with van der Waals surface area (Å²) in [6.07, 6.45) is 2.57. The van der Waals surface area contributed by atoms with Crippen LogP contribution in [0.1, 0.15) is 61.1 Å². The van der Waals surface area contributed by atoms with E-state index in [2.05, 4.69) is 18.3 Å². The minimum atomic E-state index is -0.440. The van der Waals surface area contributed by atoms with E-state index in [0.29, 0.717) is 37.1 Å². The Morgan fingerprint density at radius 3 is 2.50 bits per heavy atom. The molecule has 1 atom stereocenters. The van der Waals surface area contributed by atoms with Crippen LogP contribution in [-0.2, 0) is 12.8 Å². The third-order valence-corrected chi connectivity index (χ3v) is 7.71. The number of nitrogens with zero attached hydrogens (tertiary/aromatic N) is 2. The second-order valence-electron chi connectivity index (χ2n) is 8.51. The Morgan fingerprint density at radius 1 is 1.12 bits per heavy atom. The molecule has 34 heavy (non-hydrogen) atoms. The Kier molecular flexibility index (Phi) is 5.60. The van der Waals surface area contributed by atoms with Crippen molar-refractivity contribution in [2.75, 3.05) is 10.2 Å². The van der Waals surface area contributed by atoms with Crippen molar-refractivity contribution < 1.29 is 14.4 Å². The average Bonchev–Trinajstić information content (AvgIpc) is 3.10. The zero-order chi connectivity index (χ0) is 24.0. The topological polar surface area (TPSA) is 90.3 Å². The number of nitriles is 1. The summed E-state index contributed by atoms with van der Waals surface area (Å²) in [4.78, 5) is 39.8. The lowest BCUT2D eigenvalue weighted by atomic mass is 9.85. The van der Waals surface area contributed by atoms with Crippen LogP contribution in [-0.4, -0.2) is 17.7 Å². The monoisotopic (exact) mass is 485 g/mol. The minimum Gasteiger partial charge on any atom is -0.312 e. The molecule has 168 valence electrons. The first-order valence-corrected chi connectivity index (χ1v) is 12.1. The van der Waals surface area contributed by atoms with Gasteiger partial charge in [0.05, 0.1) is 26.2 Å². The summed E-state index contributed by atoms with van der Waals surface area (Å²) in [5, 5.41) is 13.1. The summed E-state index contributed by atoms with van der Waals surface area (Å²) < 4.78 is 0.690. The lowest BCUT2D eigenvalue weighted by molar-refractivity contribution is 0.0924. The largest absolute Gasteiger partial charge is 0.312 e. The molecule has 0 radical (unpaired) electrons. The van der Waals surface area contributed by atoms with Crippen molar-refractivity contribution >= 4 is 52.0 Å². The Hall–Kier alpha value is -3.67. The van der Waals surface area contributed by atoms with Crippen LogP contribution in [0, 0.1) is 21.1 Å². The van der Waals surface area contributed by atoms with Gasteiger partial charge in [-0.1, -0.05) is 37.3 Å². The quantitative estimate of drug-likeness (QED) is 0.389. The molecule has 1 N–H and O–H groups in total. The van der Waals surface area contributed by atoms with Crippen molar-refractivity contribution in [2.45, 2.75) is 26.2 Å². The van der Waals surface area contributed by atoms with Crippen LogP contribution in [0.4, 0.5) is 10.7 Å². The summed E-state index contributed by atoms with van der Waals surface area (Å²) in [5.41, 5.74) is 3.69. The summed E-state index contributed by atoms with van der Waals surface area (Å²) in [7, 11) is 0. The highest BCUT2D eigenvalue weighted by molar-refractivity contribution is 7.73. The number of amides is 3. The molecule has 2 aromatic carbocycles. The highest BCUT2D eigenvalue weighted by Gasteiger charge is 2.36. The van der Waals surface area contributed by atoms with Crippen LogP contribution < -0.4 is 10.2 Å². The molecule has 0 fully saturated rings. The number of benzene rings is 2. The van der Waals surface area contributed by atoms with Crippen molar-refractivity contribution in [2.24, 2.45) is 5.92 Å². The maximum Gasteiger partial charge on any atom is 0.266 e. The van der Waals surface area contributed by atoms with E-state index in [1.807, 2.05) is 0 Å². The highest BCUT2D eigenvalue weighted by Crippen LogP contribution is 2.36. The van der Waals surface area contributed by atoms with Crippen molar-refractivity contribution in [1.29, 1.82) is 5.26 Å². The molecule has 1 aliphatic carbocycles. The molecule has 1 aliphatic heterocycles. The fourth-order valence-corrected chi connectivity index (χ4v) is 5.92. The van der Waals surface area contributed by atoms with Crippen LogP contribution in [0.5, 0.6) is 0 Å². The van der Waals surface area contributed by atoms with Crippen LogP contribution in [0.2, 0.25) is 0 Å². The molecule has 3 aromatic rings. The summed E-state index contributed by atoms with van der Waals surface area (Å²) in [6.45, 7) is 2.17. The zero-order valence-electron chi connectivity index (χ0n) is 18.3. The van der Waals surface area contributed by atoms with E-state index in [0.717, 1.165) is 35.3 Å². The van der Waals surface area contributed by atoms with Gasteiger partial charge in [0, 0.05) is 5.56 Å². The van der Waals surface area contributed by atoms with E-state index in [1.165, 1.54) is 17.4 Å². The van der Waals surface area contributed by atoms with Crippen molar-refractivity contribution in [1.82, 2.24) is 0 Å². The molecule has 8 heteroatoms. The average molecular weight is 486 g/mol. The standard InChI is InChI=1S/C26H19N3O3S2/c1-14-9-10-17-20(11-14)26(33)34-23(21(17)13-27)28-22(30)15-5-4-6-16(12-15)29-24(31)18-7-2-3-8-19(18)25(29)32/h2-8,12,14H,9-11H2,1H3,(H,28,30). The molecule has 3 amide bonds.